The maximum Gasteiger partial charge on any atom is 0.490 e. The van der Waals surface area contributed by atoms with Gasteiger partial charge in [0.25, 0.3) is 5.91 Å². The number of halogens is 5. The third-order valence-electron chi connectivity index (χ3n) is 4.67. The SMILES string of the molecule is Cc1nc2nc(C(=O)NCc3ncco3)cn2c(-c2ccc(Cl)cc2Cl)c1CN.O=C(O)C(F)(F)F. The molecular weight excluding hydrogens is 528 g/mol. The van der Waals surface area contributed by atoms with Gasteiger partial charge in [-0.3, -0.25) is 9.20 Å². The molecule has 15 heteroatoms. The summed E-state index contributed by atoms with van der Waals surface area (Å²) in [7, 11) is 0. The summed E-state index contributed by atoms with van der Waals surface area (Å²) in [6.45, 7) is 2.23. The van der Waals surface area contributed by atoms with Crippen molar-refractivity contribution in [2.75, 3.05) is 0 Å². The van der Waals surface area contributed by atoms with Gasteiger partial charge in [-0.1, -0.05) is 23.2 Å². The summed E-state index contributed by atoms with van der Waals surface area (Å²) < 4.78 is 38.6. The molecule has 0 fully saturated rings. The zero-order chi connectivity index (χ0) is 26.6. The van der Waals surface area contributed by atoms with Gasteiger partial charge in [0.05, 0.1) is 23.5 Å². The second kappa shape index (κ2) is 10.9. The van der Waals surface area contributed by atoms with Crippen LogP contribution in [0.15, 0.2) is 41.3 Å². The van der Waals surface area contributed by atoms with Crippen LogP contribution in [0.3, 0.4) is 0 Å². The van der Waals surface area contributed by atoms with Crippen molar-refractivity contribution in [1.82, 2.24) is 24.7 Å². The second-order valence-electron chi connectivity index (χ2n) is 7.06. The molecule has 0 saturated heterocycles. The zero-order valence-corrected chi connectivity index (χ0v) is 19.8. The number of amides is 1. The number of aliphatic carboxylic acids is 1. The topological polar surface area (TPSA) is 149 Å². The minimum atomic E-state index is -5.08. The number of nitrogens with zero attached hydrogens (tertiary/aromatic N) is 4. The molecule has 4 rings (SSSR count). The molecule has 10 nitrogen and oxygen atoms in total. The molecule has 1 amide bonds. The second-order valence-corrected chi connectivity index (χ2v) is 7.90. The maximum absolute atomic E-state index is 12.6. The first kappa shape index (κ1) is 26.9. The number of hydrogen-bond acceptors (Lipinski definition) is 7. The number of oxazole rings is 1. The van der Waals surface area contributed by atoms with E-state index in [4.69, 9.17) is 43.3 Å². The molecule has 4 aromatic rings. The van der Waals surface area contributed by atoms with Gasteiger partial charge in [-0.2, -0.15) is 13.2 Å². The van der Waals surface area contributed by atoms with Crippen LogP contribution in [0.2, 0.25) is 10.0 Å². The van der Waals surface area contributed by atoms with Crippen molar-refractivity contribution >= 4 is 40.9 Å². The Bertz CT molecular complexity index is 1410. The highest BCUT2D eigenvalue weighted by atomic mass is 35.5. The lowest BCUT2D eigenvalue weighted by atomic mass is 10.0. The fourth-order valence-corrected chi connectivity index (χ4v) is 3.56. The van der Waals surface area contributed by atoms with E-state index >= 15 is 0 Å². The molecule has 3 heterocycles. The van der Waals surface area contributed by atoms with Crippen LogP contribution in [-0.2, 0) is 17.9 Å². The molecule has 0 unspecified atom stereocenters. The molecule has 0 aliphatic heterocycles. The Morgan fingerprint density at radius 1 is 1.25 bits per heavy atom. The monoisotopic (exact) mass is 544 g/mol. The van der Waals surface area contributed by atoms with Crippen LogP contribution in [0.1, 0.15) is 27.6 Å². The average Bonchev–Trinajstić information content (AvgIpc) is 3.46. The number of carboxylic acid groups (broad SMARTS) is 1. The van der Waals surface area contributed by atoms with Crippen molar-refractivity contribution in [3.05, 3.63) is 69.7 Å². The van der Waals surface area contributed by atoms with Gasteiger partial charge in [-0.05, 0) is 25.1 Å². The summed E-state index contributed by atoms with van der Waals surface area (Å²) >= 11 is 12.5. The number of carbonyl (C=O) groups is 2. The van der Waals surface area contributed by atoms with E-state index < -0.39 is 12.1 Å². The van der Waals surface area contributed by atoms with Crippen LogP contribution in [0.5, 0.6) is 0 Å². The highest BCUT2D eigenvalue weighted by Gasteiger charge is 2.38. The predicted octanol–water partition coefficient (Wildman–Crippen LogP) is 4.02. The van der Waals surface area contributed by atoms with Crippen molar-refractivity contribution in [2.45, 2.75) is 26.2 Å². The molecule has 0 saturated carbocycles. The number of benzene rings is 1. The Morgan fingerprint density at radius 3 is 2.50 bits per heavy atom. The number of carbonyl (C=O) groups excluding carboxylic acids is 1. The largest absolute Gasteiger partial charge is 0.490 e. The number of carboxylic acids is 1. The third kappa shape index (κ3) is 6.11. The Kier molecular flexibility index (Phi) is 8.17. The maximum atomic E-state index is 12.6. The van der Waals surface area contributed by atoms with Crippen molar-refractivity contribution in [3.8, 4) is 11.3 Å². The summed E-state index contributed by atoms with van der Waals surface area (Å²) in [5.41, 5.74) is 9.13. The van der Waals surface area contributed by atoms with Crippen molar-refractivity contribution in [2.24, 2.45) is 5.73 Å². The minimum Gasteiger partial charge on any atom is -0.475 e. The number of nitrogens with two attached hydrogens (primary N) is 1. The van der Waals surface area contributed by atoms with Gasteiger partial charge in [0, 0.05) is 34.6 Å². The van der Waals surface area contributed by atoms with Crippen molar-refractivity contribution in [3.63, 3.8) is 0 Å². The summed E-state index contributed by atoms with van der Waals surface area (Å²) in [5.74, 6) is -2.38. The summed E-state index contributed by atoms with van der Waals surface area (Å²) in [6.07, 6.45) is -0.530. The first-order valence-corrected chi connectivity index (χ1v) is 10.7. The first-order valence-electron chi connectivity index (χ1n) is 9.93. The van der Waals surface area contributed by atoms with Crippen LogP contribution < -0.4 is 11.1 Å². The number of aromatic nitrogens is 4. The van der Waals surface area contributed by atoms with Gasteiger partial charge < -0.3 is 20.6 Å². The number of imidazole rings is 1. The highest BCUT2D eigenvalue weighted by molar-refractivity contribution is 6.36. The number of hydrogen-bond donors (Lipinski definition) is 3. The molecule has 0 spiro atoms. The lowest BCUT2D eigenvalue weighted by Gasteiger charge is -2.14. The van der Waals surface area contributed by atoms with E-state index in [9.17, 15) is 18.0 Å². The average molecular weight is 545 g/mol. The summed E-state index contributed by atoms with van der Waals surface area (Å²) in [4.78, 5) is 34.3. The Hall–Kier alpha value is -3.68. The van der Waals surface area contributed by atoms with Crippen LogP contribution >= 0.6 is 23.2 Å². The van der Waals surface area contributed by atoms with Crippen molar-refractivity contribution < 1.29 is 32.3 Å². The predicted molar refractivity (Wildman–Crippen MR) is 122 cm³/mol. The number of alkyl halides is 3. The third-order valence-corrected chi connectivity index (χ3v) is 5.22. The van der Waals surface area contributed by atoms with Crippen LogP contribution in [0.25, 0.3) is 17.0 Å². The van der Waals surface area contributed by atoms with Gasteiger partial charge >= 0.3 is 12.1 Å². The summed E-state index contributed by atoms with van der Waals surface area (Å²) in [5, 5.41) is 10.8. The highest BCUT2D eigenvalue weighted by Crippen LogP contribution is 2.34. The van der Waals surface area contributed by atoms with E-state index in [0.717, 1.165) is 16.8 Å². The number of rotatable bonds is 5. The van der Waals surface area contributed by atoms with Gasteiger partial charge in [-0.15, -0.1) is 0 Å². The smallest absolute Gasteiger partial charge is 0.475 e. The van der Waals surface area contributed by atoms with E-state index in [-0.39, 0.29) is 24.7 Å². The van der Waals surface area contributed by atoms with E-state index in [2.05, 4.69) is 20.3 Å². The molecule has 0 atom stereocenters. The Labute approximate surface area is 210 Å². The van der Waals surface area contributed by atoms with Crippen LogP contribution in [-0.4, -0.2) is 42.5 Å². The molecule has 3 aromatic heterocycles. The molecule has 36 heavy (non-hydrogen) atoms. The van der Waals surface area contributed by atoms with Crippen molar-refractivity contribution in [1.29, 1.82) is 0 Å². The van der Waals surface area contributed by atoms with Crippen LogP contribution in [0, 0.1) is 6.92 Å². The standard InChI is InChI=1S/C19H16Cl2N6O2.C2HF3O2/c1-10-13(7-22)17(12-3-2-11(20)6-14(12)21)27-9-15(26-19(27)25-10)18(28)24-8-16-23-4-5-29-16;3-2(4,5)1(6)7/h2-6,9H,7-8,22H2,1H3,(H,24,28);(H,6,7). The number of nitrogens with one attached hydrogen (secondary N) is 1. The molecule has 0 bridgehead atoms. The number of fused-ring (bicyclic) bond motifs is 1. The fraction of sp³-hybridized carbons (Fsp3) is 0.190. The van der Waals surface area contributed by atoms with Gasteiger partial charge in [-0.25, -0.2) is 19.7 Å². The zero-order valence-electron chi connectivity index (χ0n) is 18.3. The van der Waals surface area contributed by atoms with E-state index in [0.29, 0.717) is 27.4 Å². The quantitative estimate of drug-likeness (QED) is 0.341. The fourth-order valence-electron chi connectivity index (χ4n) is 3.06. The number of aryl methyl sites for hydroxylation is 1. The van der Waals surface area contributed by atoms with E-state index in [1.807, 2.05) is 6.92 Å². The molecule has 0 aliphatic carbocycles. The molecule has 4 N–H and O–H groups in total. The normalized spacial score (nSPS) is 11.2. The lowest BCUT2D eigenvalue weighted by molar-refractivity contribution is -0.192. The first-order chi connectivity index (χ1) is 16.9. The summed E-state index contributed by atoms with van der Waals surface area (Å²) in [6, 6.07) is 5.20. The Balaban J connectivity index is 0.000000454. The molecular formula is C21H17Cl2F3N6O4. The Morgan fingerprint density at radius 2 is 1.94 bits per heavy atom. The van der Waals surface area contributed by atoms with Gasteiger partial charge in [0.2, 0.25) is 11.7 Å². The molecule has 0 aliphatic rings. The van der Waals surface area contributed by atoms with E-state index in [1.165, 1.54) is 12.5 Å². The molecule has 0 radical (unpaired) electrons. The van der Waals surface area contributed by atoms with Crippen LogP contribution in [0.4, 0.5) is 13.2 Å². The molecule has 190 valence electrons. The van der Waals surface area contributed by atoms with E-state index in [1.54, 1.807) is 28.8 Å². The van der Waals surface area contributed by atoms with Gasteiger partial charge in [0.1, 0.15) is 12.0 Å². The lowest BCUT2D eigenvalue weighted by Crippen LogP contribution is -2.23. The van der Waals surface area contributed by atoms with Gasteiger partial charge in [0.15, 0.2) is 0 Å². The minimum absolute atomic E-state index is 0.149. The molecule has 1 aromatic carbocycles.